The third kappa shape index (κ3) is 5.62. The highest BCUT2D eigenvalue weighted by molar-refractivity contribution is 7.95. The molecule has 172 valence electrons. The zero-order valence-electron chi connectivity index (χ0n) is 17.2. The average molecular weight is 490 g/mol. The molecule has 3 N–H and O–H groups in total. The second kappa shape index (κ2) is 9.13. The van der Waals surface area contributed by atoms with Gasteiger partial charge in [0.25, 0.3) is 0 Å². The van der Waals surface area contributed by atoms with Gasteiger partial charge in [-0.1, -0.05) is 17.7 Å². The van der Waals surface area contributed by atoms with Gasteiger partial charge in [0.2, 0.25) is 0 Å². The smallest absolute Gasteiger partial charge is 0.417 e. The highest BCUT2D eigenvalue weighted by Crippen LogP contribution is 2.38. The zero-order valence-corrected chi connectivity index (χ0v) is 18.7. The van der Waals surface area contributed by atoms with Gasteiger partial charge in [-0.15, -0.1) is 4.72 Å². The van der Waals surface area contributed by atoms with Crippen LogP contribution < -0.4 is 9.46 Å². The van der Waals surface area contributed by atoms with Gasteiger partial charge in [-0.05, 0) is 65.4 Å². The van der Waals surface area contributed by atoms with Gasteiger partial charge in [0.1, 0.15) is 11.4 Å². The summed E-state index contributed by atoms with van der Waals surface area (Å²) >= 11 is 5.98. The summed E-state index contributed by atoms with van der Waals surface area (Å²) in [6.45, 7) is 1.99. The number of rotatable bonds is 7. The molecule has 2 aromatic carbocycles. The molecule has 0 fully saturated rings. The third-order valence-electron chi connectivity index (χ3n) is 4.71. The van der Waals surface area contributed by atoms with Crippen molar-refractivity contribution in [2.75, 3.05) is 12.9 Å². The molecule has 0 saturated heterocycles. The van der Waals surface area contributed by atoms with Crippen LogP contribution in [0.15, 0.2) is 36.4 Å². The maximum Gasteiger partial charge on any atom is 0.417 e. The zero-order chi connectivity index (χ0) is 23.7. The Morgan fingerprint density at radius 1 is 1.28 bits per heavy atom. The van der Waals surface area contributed by atoms with E-state index in [1.165, 1.54) is 12.1 Å². The summed E-state index contributed by atoms with van der Waals surface area (Å²) in [7, 11) is -3.66. The summed E-state index contributed by atoms with van der Waals surface area (Å²) in [5.41, 5.74) is -0.0557. The van der Waals surface area contributed by atoms with Gasteiger partial charge in [0.05, 0.1) is 12.2 Å². The van der Waals surface area contributed by atoms with Crippen molar-refractivity contribution in [2.45, 2.75) is 25.9 Å². The molecule has 1 atom stereocenters. The fourth-order valence-corrected chi connectivity index (χ4v) is 3.93. The van der Waals surface area contributed by atoms with Gasteiger partial charge in [0, 0.05) is 15.9 Å². The van der Waals surface area contributed by atoms with Crippen molar-refractivity contribution in [1.29, 1.82) is 0 Å². The highest BCUT2D eigenvalue weighted by Gasteiger charge is 2.35. The number of ether oxygens (including phenoxy) is 1. The molecular weight excluding hydrogens is 469 g/mol. The van der Waals surface area contributed by atoms with E-state index in [-0.39, 0.29) is 35.2 Å². The number of nitrogens with one attached hydrogen (secondary N) is 2. The van der Waals surface area contributed by atoms with Crippen LogP contribution >= 0.6 is 11.6 Å². The SMILES string of the molecule is Cc1cc(OCCCc2c(C(=O)N[S+](C)(=O)O)[nH]c3cccc(C(F)(F)F)c23)ccc1Cl. The van der Waals surface area contributed by atoms with Crippen LogP contribution in [0.4, 0.5) is 13.2 Å². The fourth-order valence-electron chi connectivity index (χ4n) is 3.37. The summed E-state index contributed by atoms with van der Waals surface area (Å²) in [5.74, 6) is -0.403. The first-order chi connectivity index (χ1) is 14.9. The molecule has 1 aromatic heterocycles. The first-order valence-corrected chi connectivity index (χ1v) is 11.8. The quantitative estimate of drug-likeness (QED) is 0.306. The van der Waals surface area contributed by atoms with Gasteiger partial charge in [-0.2, -0.15) is 17.7 Å². The molecule has 1 amide bonds. The third-order valence-corrected chi connectivity index (χ3v) is 5.70. The summed E-state index contributed by atoms with van der Waals surface area (Å²) in [4.78, 5) is 15.2. The Bertz CT molecular complexity index is 1200. The van der Waals surface area contributed by atoms with E-state index in [1.54, 1.807) is 18.2 Å². The Hall–Kier alpha value is -2.56. The van der Waals surface area contributed by atoms with Crippen molar-refractivity contribution in [3.05, 3.63) is 63.8 Å². The lowest BCUT2D eigenvalue weighted by atomic mass is 10.0. The Morgan fingerprint density at radius 3 is 2.62 bits per heavy atom. The van der Waals surface area contributed by atoms with Crippen LogP contribution in [0.3, 0.4) is 0 Å². The second-order valence-electron chi connectivity index (χ2n) is 7.30. The van der Waals surface area contributed by atoms with Crippen molar-refractivity contribution >= 4 is 38.8 Å². The van der Waals surface area contributed by atoms with Crippen molar-refractivity contribution in [3.8, 4) is 5.75 Å². The molecule has 0 bridgehead atoms. The van der Waals surface area contributed by atoms with Crippen LogP contribution in [0.1, 0.15) is 33.6 Å². The van der Waals surface area contributed by atoms with Gasteiger partial charge in [0.15, 0.2) is 6.26 Å². The molecule has 0 spiro atoms. The van der Waals surface area contributed by atoms with Crippen LogP contribution in [-0.4, -0.2) is 28.3 Å². The molecule has 0 radical (unpaired) electrons. The van der Waals surface area contributed by atoms with E-state index >= 15 is 0 Å². The van der Waals surface area contributed by atoms with Crippen LogP contribution in [-0.2, 0) is 27.2 Å². The standard InChI is InChI=1S/C21H20ClF3N2O4S/c1-12-11-13(8-9-16(12)22)31-10-4-5-14-18-15(21(23,24)25)6-3-7-17(18)26-19(14)20(28)27-32(2,29)30/h3,6-9,11H,4-5,10H2,1-2H3,(H2-,26,27,28,29,30)/p+1. The molecule has 1 heterocycles. The molecule has 6 nitrogen and oxygen atoms in total. The molecule has 1 unspecified atom stereocenters. The molecular formula is C21H21ClF3N2O4S+. The lowest BCUT2D eigenvalue weighted by molar-refractivity contribution is -0.136. The Morgan fingerprint density at radius 2 is 2.00 bits per heavy atom. The summed E-state index contributed by atoms with van der Waals surface area (Å²) in [6.07, 6.45) is -3.38. The summed E-state index contributed by atoms with van der Waals surface area (Å²) in [6, 6.07) is 8.69. The lowest BCUT2D eigenvalue weighted by Gasteiger charge is -2.11. The first kappa shape index (κ1) is 24.1. The molecule has 0 aliphatic carbocycles. The monoisotopic (exact) mass is 489 g/mol. The van der Waals surface area contributed by atoms with E-state index in [9.17, 15) is 26.7 Å². The van der Waals surface area contributed by atoms with E-state index in [0.717, 1.165) is 17.9 Å². The fraction of sp³-hybridized carbons (Fsp3) is 0.286. The minimum atomic E-state index is -4.64. The molecule has 11 heteroatoms. The number of halogens is 4. The number of hydrogen-bond donors (Lipinski definition) is 3. The van der Waals surface area contributed by atoms with Gasteiger partial charge in [-0.3, -0.25) is 4.79 Å². The molecule has 3 aromatic rings. The van der Waals surface area contributed by atoms with E-state index < -0.39 is 28.0 Å². The number of aromatic nitrogens is 1. The van der Waals surface area contributed by atoms with Gasteiger partial charge < -0.3 is 9.72 Å². The van der Waals surface area contributed by atoms with Crippen molar-refractivity contribution in [1.82, 2.24) is 9.71 Å². The Kier molecular flexibility index (Phi) is 6.87. The number of aromatic amines is 1. The number of carbonyl (C=O) groups excluding carboxylic acids is 1. The summed E-state index contributed by atoms with van der Waals surface area (Å²) in [5, 5.41) is 0.441. The maximum atomic E-state index is 13.6. The second-order valence-corrected chi connectivity index (χ2v) is 9.52. The number of carbonyl (C=O) groups is 1. The molecule has 0 aliphatic rings. The van der Waals surface area contributed by atoms with Gasteiger partial charge in [-0.25, -0.2) is 0 Å². The molecule has 3 rings (SSSR count). The Labute approximate surface area is 188 Å². The minimum absolute atomic E-state index is 0.0682. The van der Waals surface area contributed by atoms with Crippen LogP contribution in [0.25, 0.3) is 10.9 Å². The number of hydrogen-bond acceptors (Lipinski definition) is 3. The van der Waals surface area contributed by atoms with E-state index in [0.29, 0.717) is 17.2 Å². The van der Waals surface area contributed by atoms with Crippen LogP contribution in [0, 0.1) is 6.92 Å². The maximum absolute atomic E-state index is 13.6. The average Bonchev–Trinajstić information content (AvgIpc) is 3.04. The molecule has 32 heavy (non-hydrogen) atoms. The molecule has 0 saturated carbocycles. The normalized spacial score (nSPS) is 13.7. The van der Waals surface area contributed by atoms with Crippen LogP contribution in [0.2, 0.25) is 5.02 Å². The van der Waals surface area contributed by atoms with Crippen LogP contribution in [0.5, 0.6) is 5.75 Å². The van der Waals surface area contributed by atoms with E-state index in [2.05, 4.69) is 4.98 Å². The predicted octanol–water partition coefficient (Wildman–Crippen LogP) is 5.41. The van der Waals surface area contributed by atoms with Gasteiger partial charge >= 0.3 is 22.5 Å². The molecule has 0 aliphatic heterocycles. The number of fused-ring (bicyclic) bond motifs is 1. The Balaban J connectivity index is 1.91. The van der Waals surface area contributed by atoms with Crippen molar-refractivity contribution < 1.29 is 31.5 Å². The number of aryl methyl sites for hydroxylation is 2. The highest BCUT2D eigenvalue weighted by atomic mass is 35.5. The minimum Gasteiger partial charge on any atom is -0.494 e. The topological polar surface area (TPSA) is 91.4 Å². The predicted molar refractivity (Wildman–Crippen MR) is 117 cm³/mol. The number of H-pyrrole nitrogens is 1. The number of benzene rings is 2. The largest absolute Gasteiger partial charge is 0.494 e. The van der Waals surface area contributed by atoms with Crippen molar-refractivity contribution in [3.63, 3.8) is 0 Å². The van der Waals surface area contributed by atoms with Crippen molar-refractivity contribution in [2.24, 2.45) is 0 Å². The number of alkyl halides is 3. The number of amides is 1. The van der Waals surface area contributed by atoms with E-state index in [4.69, 9.17) is 16.3 Å². The lowest BCUT2D eigenvalue weighted by Crippen LogP contribution is -2.34. The summed E-state index contributed by atoms with van der Waals surface area (Å²) < 4.78 is 69.5. The first-order valence-electron chi connectivity index (χ1n) is 9.50. The van der Waals surface area contributed by atoms with E-state index in [1.807, 2.05) is 11.6 Å².